The van der Waals surface area contributed by atoms with Crippen LogP contribution in [0.4, 0.5) is 0 Å². The van der Waals surface area contributed by atoms with E-state index >= 15 is 0 Å². The van der Waals surface area contributed by atoms with Crippen LogP contribution in [-0.4, -0.2) is 28.5 Å². The van der Waals surface area contributed by atoms with E-state index in [1.165, 1.54) is 0 Å². The molecule has 7 nitrogen and oxygen atoms in total. The van der Waals surface area contributed by atoms with Crippen LogP contribution >= 0.6 is 15.9 Å². The van der Waals surface area contributed by atoms with E-state index in [9.17, 15) is 4.79 Å². The number of rotatable bonds is 10. The first kappa shape index (κ1) is 25.9. The van der Waals surface area contributed by atoms with Crippen molar-refractivity contribution in [3.63, 3.8) is 0 Å². The molecule has 8 heteroatoms. The Hall–Kier alpha value is -4.69. The number of hydrogen-bond acceptors (Lipinski definition) is 5. The highest BCUT2D eigenvalue weighted by molar-refractivity contribution is 9.10. The number of aromatic nitrogens is 2. The molecule has 0 aliphatic carbocycles. The van der Waals surface area contributed by atoms with Gasteiger partial charge < -0.3 is 9.47 Å². The molecule has 5 aromatic rings. The minimum atomic E-state index is -0.369. The summed E-state index contributed by atoms with van der Waals surface area (Å²) in [6.07, 6.45) is 3.46. The van der Waals surface area contributed by atoms with Gasteiger partial charge in [-0.15, -0.1) is 0 Å². The molecule has 0 radical (unpaired) electrons. The Morgan fingerprint density at radius 1 is 0.846 bits per heavy atom. The zero-order chi connectivity index (χ0) is 26.9. The van der Waals surface area contributed by atoms with Crippen molar-refractivity contribution in [2.45, 2.75) is 6.61 Å². The summed E-state index contributed by atoms with van der Waals surface area (Å²) in [5.41, 5.74) is 6.89. The van der Waals surface area contributed by atoms with E-state index < -0.39 is 0 Å². The third kappa shape index (κ3) is 7.21. The Bertz CT molecular complexity index is 1540. The van der Waals surface area contributed by atoms with Gasteiger partial charge in [-0.3, -0.25) is 4.79 Å². The maximum absolute atomic E-state index is 12.3. The molecule has 5 rings (SSSR count). The van der Waals surface area contributed by atoms with Crippen LogP contribution in [0.3, 0.4) is 0 Å². The maximum Gasteiger partial charge on any atom is 0.277 e. The maximum atomic E-state index is 12.3. The van der Waals surface area contributed by atoms with Crippen molar-refractivity contribution >= 4 is 28.1 Å². The van der Waals surface area contributed by atoms with Crippen LogP contribution in [0.2, 0.25) is 0 Å². The molecule has 4 aromatic carbocycles. The van der Waals surface area contributed by atoms with E-state index in [-0.39, 0.29) is 12.5 Å². The zero-order valence-corrected chi connectivity index (χ0v) is 22.5. The zero-order valence-electron chi connectivity index (χ0n) is 20.9. The van der Waals surface area contributed by atoms with Gasteiger partial charge in [0, 0.05) is 21.8 Å². The molecule has 1 amide bonds. The summed E-state index contributed by atoms with van der Waals surface area (Å²) in [6.45, 7) is 0.339. The quantitative estimate of drug-likeness (QED) is 0.153. The van der Waals surface area contributed by atoms with E-state index in [0.29, 0.717) is 12.4 Å². The number of amides is 1. The van der Waals surface area contributed by atoms with Gasteiger partial charge in [0.05, 0.1) is 11.9 Å². The molecule has 0 aliphatic rings. The van der Waals surface area contributed by atoms with Crippen LogP contribution in [0.5, 0.6) is 11.5 Å². The lowest BCUT2D eigenvalue weighted by atomic mass is 10.1. The molecular formula is C31H25BrN4O3. The van der Waals surface area contributed by atoms with Crippen LogP contribution in [0.1, 0.15) is 11.1 Å². The van der Waals surface area contributed by atoms with Gasteiger partial charge in [0.15, 0.2) is 6.61 Å². The Labute approximate surface area is 234 Å². The summed E-state index contributed by atoms with van der Waals surface area (Å²) >= 11 is 3.37. The van der Waals surface area contributed by atoms with E-state index in [4.69, 9.17) is 14.6 Å². The molecule has 1 aromatic heterocycles. The van der Waals surface area contributed by atoms with Gasteiger partial charge in [-0.2, -0.15) is 10.2 Å². The van der Waals surface area contributed by atoms with Crippen molar-refractivity contribution in [2.75, 3.05) is 6.61 Å². The van der Waals surface area contributed by atoms with E-state index in [1.807, 2.05) is 103 Å². The van der Waals surface area contributed by atoms with Gasteiger partial charge in [0.2, 0.25) is 0 Å². The van der Waals surface area contributed by atoms with Gasteiger partial charge in [0.1, 0.15) is 23.8 Å². The first-order chi connectivity index (χ1) is 19.1. The number of nitrogens with one attached hydrogen (secondary N) is 1. The first-order valence-corrected chi connectivity index (χ1v) is 13.1. The van der Waals surface area contributed by atoms with Crippen LogP contribution in [-0.2, 0) is 11.4 Å². The van der Waals surface area contributed by atoms with Gasteiger partial charge in [-0.05, 0) is 66.2 Å². The number of nitrogens with zero attached hydrogens (tertiary/aromatic N) is 3. The molecule has 0 fully saturated rings. The topological polar surface area (TPSA) is 77.7 Å². The molecule has 0 saturated heterocycles. The van der Waals surface area contributed by atoms with Gasteiger partial charge in [-0.1, -0.05) is 64.5 Å². The number of hydrogen-bond donors (Lipinski definition) is 1. The molecule has 39 heavy (non-hydrogen) atoms. The number of halogens is 1. The fraction of sp³-hybridized carbons (Fsp3) is 0.0645. The van der Waals surface area contributed by atoms with Crippen LogP contribution in [0, 0.1) is 0 Å². The first-order valence-electron chi connectivity index (χ1n) is 12.3. The monoisotopic (exact) mass is 580 g/mol. The average Bonchev–Trinajstić information content (AvgIpc) is 3.41. The highest BCUT2D eigenvalue weighted by Crippen LogP contribution is 2.25. The second-order valence-corrected chi connectivity index (χ2v) is 9.46. The number of benzene rings is 4. The van der Waals surface area contributed by atoms with Crippen molar-refractivity contribution in [1.82, 2.24) is 15.2 Å². The normalized spacial score (nSPS) is 10.9. The molecular weight excluding hydrogens is 556 g/mol. The lowest BCUT2D eigenvalue weighted by Crippen LogP contribution is -2.24. The Morgan fingerprint density at radius 2 is 1.49 bits per heavy atom. The lowest BCUT2D eigenvalue weighted by molar-refractivity contribution is -0.123. The van der Waals surface area contributed by atoms with Crippen molar-refractivity contribution < 1.29 is 14.3 Å². The minimum Gasteiger partial charge on any atom is -0.489 e. The van der Waals surface area contributed by atoms with Gasteiger partial charge in [-0.25, -0.2) is 10.1 Å². The van der Waals surface area contributed by atoms with Crippen LogP contribution < -0.4 is 14.9 Å². The molecule has 194 valence electrons. The van der Waals surface area contributed by atoms with E-state index in [2.05, 4.69) is 26.5 Å². The highest BCUT2D eigenvalue weighted by atomic mass is 79.9. The third-order valence-corrected chi connectivity index (χ3v) is 6.24. The summed E-state index contributed by atoms with van der Waals surface area (Å²) < 4.78 is 14.2. The van der Waals surface area contributed by atoms with Crippen molar-refractivity contribution in [1.29, 1.82) is 0 Å². The summed E-state index contributed by atoms with van der Waals surface area (Å²) in [5.74, 6) is 0.990. The number of carbonyl (C=O) groups is 1. The fourth-order valence-electron chi connectivity index (χ4n) is 3.75. The average molecular weight is 581 g/mol. The molecule has 0 aliphatic heterocycles. The summed E-state index contributed by atoms with van der Waals surface area (Å²) in [7, 11) is 0. The van der Waals surface area contributed by atoms with Crippen LogP contribution in [0.25, 0.3) is 16.9 Å². The molecule has 1 N–H and O–H groups in total. The lowest BCUT2D eigenvalue weighted by Gasteiger charge is -2.07. The molecule has 0 spiro atoms. The predicted octanol–water partition coefficient (Wildman–Crippen LogP) is 6.41. The van der Waals surface area contributed by atoms with Crippen molar-refractivity contribution in [3.05, 3.63) is 131 Å². The molecule has 0 atom stereocenters. The van der Waals surface area contributed by atoms with Gasteiger partial charge in [0.25, 0.3) is 5.91 Å². The Balaban J connectivity index is 1.29. The number of para-hydroxylation sites is 1. The largest absolute Gasteiger partial charge is 0.489 e. The second-order valence-electron chi connectivity index (χ2n) is 8.55. The SMILES string of the molecule is O=C(COc1ccc(Br)cc1)NN=Cc1cn(-c2ccccc2)nc1-c1ccc(OCc2ccccc2)cc1. The van der Waals surface area contributed by atoms with E-state index in [0.717, 1.165) is 38.3 Å². The van der Waals surface area contributed by atoms with Crippen molar-refractivity contribution in [2.24, 2.45) is 5.10 Å². The second kappa shape index (κ2) is 12.7. The molecule has 0 unspecified atom stereocenters. The van der Waals surface area contributed by atoms with Crippen molar-refractivity contribution in [3.8, 4) is 28.4 Å². The molecule has 0 saturated carbocycles. The predicted molar refractivity (Wildman–Crippen MR) is 155 cm³/mol. The number of hydrazone groups is 1. The number of carbonyl (C=O) groups excluding carboxylic acids is 1. The Kier molecular flexibility index (Phi) is 8.45. The molecule has 1 heterocycles. The number of ether oxygens (including phenoxy) is 2. The minimum absolute atomic E-state index is 0.153. The van der Waals surface area contributed by atoms with Gasteiger partial charge >= 0.3 is 0 Å². The Morgan fingerprint density at radius 3 is 2.21 bits per heavy atom. The summed E-state index contributed by atoms with van der Waals surface area (Å²) in [6, 6.07) is 34.8. The summed E-state index contributed by atoms with van der Waals surface area (Å²) in [4.78, 5) is 12.3. The highest BCUT2D eigenvalue weighted by Gasteiger charge is 2.12. The summed E-state index contributed by atoms with van der Waals surface area (Å²) in [5, 5.41) is 8.95. The van der Waals surface area contributed by atoms with E-state index in [1.54, 1.807) is 23.0 Å². The standard InChI is InChI=1S/C31H25BrN4O3/c32-26-13-17-29(18-14-26)39-22-30(37)34-33-19-25-20-36(27-9-5-2-6-10-27)35-31(25)24-11-15-28(16-12-24)38-21-23-7-3-1-4-8-23/h1-20H,21-22H2,(H,34,37). The fourth-order valence-corrected chi connectivity index (χ4v) is 4.02. The van der Waals surface area contributed by atoms with Crippen LogP contribution in [0.15, 0.2) is 125 Å². The smallest absolute Gasteiger partial charge is 0.277 e. The molecule has 0 bridgehead atoms. The third-order valence-electron chi connectivity index (χ3n) is 5.72.